The van der Waals surface area contributed by atoms with Crippen LogP contribution in [0.5, 0.6) is 5.75 Å². The van der Waals surface area contributed by atoms with Crippen molar-refractivity contribution in [2.24, 2.45) is 17.3 Å². The standard InChI is InChI=1S/C26H36N2O3/c1-18-5-4-10-26(2)16-24-21(15-23(18)26)22(25(29)31-24)17-27-11-13-28(14-12-27)19-6-8-20(30-3)9-7-19/h6-9,21-22,24H,4-5,10-17H2,1-3H3/t21-,22?,24-,26-/m1/s1. The summed E-state index contributed by atoms with van der Waals surface area (Å²) in [5.41, 5.74) is 4.72. The summed E-state index contributed by atoms with van der Waals surface area (Å²) >= 11 is 0. The molecule has 0 aromatic heterocycles. The molecular formula is C26H36N2O3. The Hall–Kier alpha value is -2.01. The van der Waals surface area contributed by atoms with Gasteiger partial charge in [0.2, 0.25) is 0 Å². The smallest absolute Gasteiger partial charge is 0.310 e. The van der Waals surface area contributed by atoms with Gasteiger partial charge in [0.25, 0.3) is 0 Å². The number of rotatable bonds is 4. The quantitative estimate of drug-likeness (QED) is 0.533. The maximum Gasteiger partial charge on any atom is 0.310 e. The zero-order valence-electron chi connectivity index (χ0n) is 19.2. The highest BCUT2D eigenvalue weighted by Gasteiger charge is 2.53. The van der Waals surface area contributed by atoms with Crippen molar-refractivity contribution >= 4 is 11.7 Å². The van der Waals surface area contributed by atoms with Gasteiger partial charge in [-0.2, -0.15) is 0 Å². The van der Waals surface area contributed by atoms with Gasteiger partial charge in [-0.3, -0.25) is 9.69 Å². The maximum absolute atomic E-state index is 12.9. The summed E-state index contributed by atoms with van der Waals surface area (Å²) in [5, 5.41) is 0. The van der Waals surface area contributed by atoms with Crippen LogP contribution in [0, 0.1) is 17.3 Å². The fourth-order valence-electron chi connectivity index (χ4n) is 6.58. The minimum Gasteiger partial charge on any atom is -0.497 e. The van der Waals surface area contributed by atoms with Gasteiger partial charge in [-0.05, 0) is 68.7 Å². The van der Waals surface area contributed by atoms with Gasteiger partial charge in [-0.25, -0.2) is 0 Å². The van der Waals surface area contributed by atoms with Gasteiger partial charge in [0, 0.05) is 44.3 Å². The molecule has 3 fully saturated rings. The second-order valence-electron chi connectivity index (χ2n) is 10.3. The third kappa shape index (κ3) is 3.86. The summed E-state index contributed by atoms with van der Waals surface area (Å²) in [6, 6.07) is 8.31. The second-order valence-corrected chi connectivity index (χ2v) is 10.3. The molecule has 0 radical (unpaired) electrons. The van der Waals surface area contributed by atoms with E-state index >= 15 is 0 Å². The van der Waals surface area contributed by atoms with Crippen molar-refractivity contribution in [1.29, 1.82) is 0 Å². The minimum atomic E-state index is 0.0318. The van der Waals surface area contributed by atoms with Crippen LogP contribution in [0.2, 0.25) is 0 Å². The number of carbonyl (C=O) groups excluding carboxylic acids is 1. The molecule has 1 aromatic rings. The number of allylic oxidation sites excluding steroid dienone is 2. The number of benzene rings is 1. The molecule has 0 N–H and O–H groups in total. The van der Waals surface area contributed by atoms with Crippen LogP contribution in [0.4, 0.5) is 5.69 Å². The number of methoxy groups -OCH3 is 1. The highest BCUT2D eigenvalue weighted by Crippen LogP contribution is 2.55. The number of fused-ring (bicyclic) bond motifs is 2. The molecule has 31 heavy (non-hydrogen) atoms. The first-order chi connectivity index (χ1) is 15.0. The molecule has 4 atom stereocenters. The first-order valence-electron chi connectivity index (χ1n) is 12.0. The second kappa shape index (κ2) is 8.16. The molecule has 0 spiro atoms. The molecule has 168 valence electrons. The van der Waals surface area contributed by atoms with Gasteiger partial charge in [0.15, 0.2) is 0 Å². The lowest BCUT2D eigenvalue weighted by molar-refractivity contribution is -0.145. The largest absolute Gasteiger partial charge is 0.497 e. The van der Waals surface area contributed by atoms with Crippen LogP contribution < -0.4 is 9.64 Å². The molecule has 2 aliphatic carbocycles. The Labute approximate surface area is 186 Å². The van der Waals surface area contributed by atoms with E-state index < -0.39 is 0 Å². The third-order valence-electron chi connectivity index (χ3n) is 8.44. The summed E-state index contributed by atoms with van der Waals surface area (Å²) < 4.78 is 11.2. The van der Waals surface area contributed by atoms with Crippen molar-refractivity contribution in [3.63, 3.8) is 0 Å². The lowest BCUT2D eigenvalue weighted by Gasteiger charge is -2.46. The van der Waals surface area contributed by atoms with E-state index in [0.717, 1.165) is 51.3 Å². The van der Waals surface area contributed by atoms with E-state index in [1.807, 2.05) is 12.1 Å². The summed E-state index contributed by atoms with van der Waals surface area (Å²) in [5.74, 6) is 1.34. The topological polar surface area (TPSA) is 42.0 Å². The third-order valence-corrected chi connectivity index (χ3v) is 8.44. The summed E-state index contributed by atoms with van der Waals surface area (Å²) in [7, 11) is 1.70. The molecule has 5 heteroatoms. The van der Waals surface area contributed by atoms with E-state index in [1.165, 1.54) is 24.9 Å². The predicted octanol–water partition coefficient (Wildman–Crippen LogP) is 4.28. The number of esters is 1. The minimum absolute atomic E-state index is 0.0318. The lowest BCUT2D eigenvalue weighted by Crippen LogP contribution is -2.49. The molecule has 4 aliphatic rings. The van der Waals surface area contributed by atoms with Crippen LogP contribution in [0.3, 0.4) is 0 Å². The van der Waals surface area contributed by atoms with Crippen LogP contribution in [0.15, 0.2) is 35.4 Å². The summed E-state index contributed by atoms with van der Waals surface area (Å²) in [6.07, 6.45) is 5.97. The first-order valence-corrected chi connectivity index (χ1v) is 12.0. The number of piperazine rings is 1. The molecule has 0 bridgehead atoms. The summed E-state index contributed by atoms with van der Waals surface area (Å²) in [6.45, 7) is 9.53. The predicted molar refractivity (Wildman–Crippen MR) is 122 cm³/mol. The Morgan fingerprint density at radius 3 is 2.61 bits per heavy atom. The Bertz CT molecular complexity index is 856. The number of nitrogens with zero attached hydrogens (tertiary/aromatic N) is 2. The van der Waals surface area contributed by atoms with E-state index in [2.05, 4.69) is 35.8 Å². The van der Waals surface area contributed by atoms with E-state index in [0.29, 0.717) is 5.92 Å². The molecular weight excluding hydrogens is 388 g/mol. The van der Waals surface area contributed by atoms with E-state index in [1.54, 1.807) is 18.3 Å². The highest BCUT2D eigenvalue weighted by atomic mass is 16.6. The molecule has 5 nitrogen and oxygen atoms in total. The Morgan fingerprint density at radius 2 is 1.90 bits per heavy atom. The Morgan fingerprint density at radius 1 is 1.16 bits per heavy atom. The van der Waals surface area contributed by atoms with Crippen LogP contribution in [0.1, 0.15) is 46.0 Å². The average molecular weight is 425 g/mol. The number of ether oxygens (including phenoxy) is 2. The van der Waals surface area contributed by atoms with Crippen molar-refractivity contribution in [3.8, 4) is 5.75 Å². The van der Waals surface area contributed by atoms with Crippen LogP contribution >= 0.6 is 0 Å². The molecule has 2 heterocycles. The molecule has 2 saturated heterocycles. The van der Waals surface area contributed by atoms with Gasteiger partial charge in [-0.15, -0.1) is 0 Å². The zero-order valence-corrected chi connectivity index (χ0v) is 19.2. The molecule has 1 unspecified atom stereocenters. The maximum atomic E-state index is 12.9. The monoisotopic (exact) mass is 424 g/mol. The molecule has 1 saturated carbocycles. The van der Waals surface area contributed by atoms with Gasteiger partial charge in [-0.1, -0.05) is 18.1 Å². The Balaban J connectivity index is 1.22. The van der Waals surface area contributed by atoms with Crippen LogP contribution in [-0.2, 0) is 9.53 Å². The van der Waals surface area contributed by atoms with E-state index in [-0.39, 0.29) is 23.4 Å². The van der Waals surface area contributed by atoms with Gasteiger partial charge >= 0.3 is 5.97 Å². The van der Waals surface area contributed by atoms with Gasteiger partial charge in [0.1, 0.15) is 11.9 Å². The van der Waals surface area contributed by atoms with Crippen LogP contribution in [0.25, 0.3) is 0 Å². The highest BCUT2D eigenvalue weighted by molar-refractivity contribution is 5.76. The molecule has 2 aliphatic heterocycles. The number of hydrogen-bond donors (Lipinski definition) is 0. The van der Waals surface area contributed by atoms with Crippen molar-refractivity contribution in [2.45, 2.75) is 52.1 Å². The zero-order chi connectivity index (χ0) is 21.6. The fourth-order valence-corrected chi connectivity index (χ4v) is 6.58. The van der Waals surface area contributed by atoms with Gasteiger partial charge in [0.05, 0.1) is 13.0 Å². The van der Waals surface area contributed by atoms with Crippen molar-refractivity contribution in [3.05, 3.63) is 35.4 Å². The van der Waals surface area contributed by atoms with Crippen molar-refractivity contribution in [2.75, 3.05) is 44.7 Å². The number of carbonyl (C=O) groups is 1. The normalized spacial score (nSPS) is 33.7. The average Bonchev–Trinajstić information content (AvgIpc) is 3.06. The number of hydrogen-bond acceptors (Lipinski definition) is 5. The van der Waals surface area contributed by atoms with E-state index in [4.69, 9.17) is 9.47 Å². The van der Waals surface area contributed by atoms with Crippen molar-refractivity contribution < 1.29 is 14.3 Å². The van der Waals surface area contributed by atoms with Crippen LogP contribution in [-0.4, -0.2) is 56.8 Å². The Kier molecular flexibility index (Phi) is 5.49. The molecule has 5 rings (SSSR count). The van der Waals surface area contributed by atoms with E-state index in [9.17, 15) is 4.79 Å². The molecule has 1 aromatic carbocycles. The summed E-state index contributed by atoms with van der Waals surface area (Å²) in [4.78, 5) is 17.8. The number of anilines is 1. The lowest BCUT2D eigenvalue weighted by atomic mass is 9.59. The first kappa shape index (κ1) is 20.9. The van der Waals surface area contributed by atoms with Crippen molar-refractivity contribution in [1.82, 2.24) is 4.90 Å². The fraction of sp³-hybridized carbons (Fsp3) is 0.654. The SMILES string of the molecule is COc1ccc(N2CCN(CC3C(=O)O[C@@H]4C[C@@]5(C)CCCC(C)=C5C[C@H]34)CC2)cc1. The molecule has 0 amide bonds. The van der Waals surface area contributed by atoms with Gasteiger partial charge < -0.3 is 14.4 Å².